The molecule has 2 atom stereocenters. The lowest BCUT2D eigenvalue weighted by Crippen LogP contribution is -2.40. The Labute approximate surface area is 119 Å². The molecule has 1 aromatic carbocycles. The van der Waals surface area contributed by atoms with Gasteiger partial charge in [0.15, 0.2) is 0 Å². The smallest absolute Gasteiger partial charge is 0.258 e. The minimum atomic E-state index is -0.126. The van der Waals surface area contributed by atoms with E-state index in [1.807, 2.05) is 0 Å². The minimum absolute atomic E-state index is 0.0147. The molecule has 0 aliphatic carbocycles. The third-order valence-electron chi connectivity index (χ3n) is 3.97. The molecule has 2 rings (SSSR count). The first-order valence-electron chi connectivity index (χ1n) is 6.76. The van der Waals surface area contributed by atoms with Crippen LogP contribution in [0, 0.1) is 5.92 Å². The van der Waals surface area contributed by atoms with Crippen molar-refractivity contribution < 1.29 is 19.4 Å². The maximum atomic E-state index is 12.7. The highest BCUT2D eigenvalue weighted by atomic mass is 16.5. The van der Waals surface area contributed by atoms with Crippen molar-refractivity contribution in [2.45, 2.75) is 19.4 Å². The molecule has 1 amide bonds. The number of ether oxygens (including phenoxy) is 2. The molecular weight excluding hydrogens is 258 g/mol. The second kappa shape index (κ2) is 6.13. The van der Waals surface area contributed by atoms with Gasteiger partial charge in [0.2, 0.25) is 0 Å². The fraction of sp³-hybridized carbons (Fsp3) is 0.533. The Kier molecular flexibility index (Phi) is 4.49. The number of aliphatic hydroxyl groups excluding tert-OH is 1. The van der Waals surface area contributed by atoms with Crippen molar-refractivity contribution in [1.29, 1.82) is 0 Å². The van der Waals surface area contributed by atoms with Crippen LogP contribution >= 0.6 is 0 Å². The van der Waals surface area contributed by atoms with Gasteiger partial charge >= 0.3 is 0 Å². The van der Waals surface area contributed by atoms with E-state index in [4.69, 9.17) is 9.47 Å². The van der Waals surface area contributed by atoms with Crippen LogP contribution in [0.2, 0.25) is 0 Å². The molecule has 0 bridgehead atoms. The topological polar surface area (TPSA) is 59.0 Å². The number of rotatable bonds is 4. The Morgan fingerprint density at radius 3 is 2.75 bits per heavy atom. The zero-order valence-electron chi connectivity index (χ0n) is 12.1. The van der Waals surface area contributed by atoms with E-state index in [1.54, 1.807) is 30.2 Å². The molecule has 0 saturated carbocycles. The van der Waals surface area contributed by atoms with Crippen LogP contribution in [-0.2, 0) is 0 Å². The zero-order chi connectivity index (χ0) is 14.7. The van der Waals surface area contributed by atoms with Crippen molar-refractivity contribution in [3.63, 3.8) is 0 Å². The summed E-state index contributed by atoms with van der Waals surface area (Å²) in [5, 5.41) is 9.48. The standard InChI is InChI=1S/C15H21NO4/c1-10-6-7-16(13(10)9-17)15(18)12-8-11(19-2)4-5-14(12)20-3/h4-5,8,10,13,17H,6-7,9H2,1-3H3. The summed E-state index contributed by atoms with van der Waals surface area (Å²) < 4.78 is 10.4. The Hall–Kier alpha value is -1.75. The van der Waals surface area contributed by atoms with Crippen LogP contribution in [0.3, 0.4) is 0 Å². The van der Waals surface area contributed by atoms with Gasteiger partial charge in [0.25, 0.3) is 5.91 Å². The van der Waals surface area contributed by atoms with Crippen molar-refractivity contribution in [2.75, 3.05) is 27.4 Å². The summed E-state index contributed by atoms with van der Waals surface area (Å²) in [6.07, 6.45) is 0.906. The number of benzene rings is 1. The van der Waals surface area contributed by atoms with Gasteiger partial charge in [0, 0.05) is 6.54 Å². The molecule has 1 heterocycles. The molecule has 5 heteroatoms. The van der Waals surface area contributed by atoms with E-state index >= 15 is 0 Å². The lowest BCUT2D eigenvalue weighted by Gasteiger charge is -2.26. The fourth-order valence-corrected chi connectivity index (χ4v) is 2.67. The molecule has 1 fully saturated rings. The van der Waals surface area contributed by atoms with Gasteiger partial charge in [-0.25, -0.2) is 0 Å². The van der Waals surface area contributed by atoms with Crippen LogP contribution in [0.4, 0.5) is 0 Å². The Balaban J connectivity index is 2.32. The number of hydrogen-bond acceptors (Lipinski definition) is 4. The molecule has 1 aliphatic heterocycles. The number of likely N-dealkylation sites (tertiary alicyclic amines) is 1. The van der Waals surface area contributed by atoms with Crippen molar-refractivity contribution in [1.82, 2.24) is 4.90 Å². The van der Waals surface area contributed by atoms with Crippen molar-refractivity contribution in [3.8, 4) is 11.5 Å². The van der Waals surface area contributed by atoms with E-state index in [1.165, 1.54) is 7.11 Å². The number of carbonyl (C=O) groups is 1. The average Bonchev–Trinajstić information content (AvgIpc) is 2.86. The highest BCUT2D eigenvalue weighted by Crippen LogP contribution is 2.30. The summed E-state index contributed by atoms with van der Waals surface area (Å²) >= 11 is 0. The van der Waals surface area contributed by atoms with Crippen LogP contribution in [0.15, 0.2) is 18.2 Å². The zero-order valence-corrected chi connectivity index (χ0v) is 12.1. The predicted molar refractivity (Wildman–Crippen MR) is 75.2 cm³/mol. The quantitative estimate of drug-likeness (QED) is 0.908. The molecule has 0 radical (unpaired) electrons. The second-order valence-corrected chi connectivity index (χ2v) is 5.08. The lowest BCUT2D eigenvalue weighted by molar-refractivity contribution is 0.0644. The molecular formula is C15H21NO4. The Bertz CT molecular complexity index is 489. The van der Waals surface area contributed by atoms with Crippen LogP contribution in [0.1, 0.15) is 23.7 Å². The number of nitrogens with zero attached hydrogens (tertiary/aromatic N) is 1. The molecule has 2 unspecified atom stereocenters. The van der Waals surface area contributed by atoms with Crippen LogP contribution < -0.4 is 9.47 Å². The minimum Gasteiger partial charge on any atom is -0.497 e. The van der Waals surface area contributed by atoms with E-state index in [2.05, 4.69) is 6.92 Å². The molecule has 1 saturated heterocycles. The monoisotopic (exact) mass is 279 g/mol. The third-order valence-corrected chi connectivity index (χ3v) is 3.97. The summed E-state index contributed by atoms with van der Waals surface area (Å²) in [5.41, 5.74) is 0.472. The molecule has 20 heavy (non-hydrogen) atoms. The van der Waals surface area contributed by atoms with Crippen LogP contribution in [0.25, 0.3) is 0 Å². The number of aliphatic hydroxyl groups is 1. The van der Waals surface area contributed by atoms with Crippen molar-refractivity contribution in [2.24, 2.45) is 5.92 Å². The first-order chi connectivity index (χ1) is 9.62. The maximum Gasteiger partial charge on any atom is 0.258 e. The van der Waals surface area contributed by atoms with E-state index in [0.717, 1.165) is 6.42 Å². The van der Waals surface area contributed by atoms with E-state index in [-0.39, 0.29) is 18.6 Å². The van der Waals surface area contributed by atoms with Crippen molar-refractivity contribution >= 4 is 5.91 Å². The summed E-state index contributed by atoms with van der Waals surface area (Å²) in [4.78, 5) is 14.4. The number of methoxy groups -OCH3 is 2. The molecule has 1 aliphatic rings. The second-order valence-electron chi connectivity index (χ2n) is 5.08. The normalized spacial score (nSPS) is 21.9. The first kappa shape index (κ1) is 14.7. The summed E-state index contributed by atoms with van der Waals surface area (Å²) in [6.45, 7) is 2.70. The highest BCUT2D eigenvalue weighted by Gasteiger charge is 2.35. The molecule has 1 aromatic rings. The molecule has 5 nitrogen and oxygen atoms in total. The highest BCUT2D eigenvalue weighted by molar-refractivity contribution is 5.97. The molecule has 0 spiro atoms. The SMILES string of the molecule is COc1ccc(OC)c(C(=O)N2CCC(C)C2CO)c1. The summed E-state index contributed by atoms with van der Waals surface area (Å²) in [7, 11) is 3.10. The average molecular weight is 279 g/mol. The molecule has 0 aromatic heterocycles. The van der Waals surface area contributed by atoms with Gasteiger partial charge in [-0.05, 0) is 30.5 Å². The van der Waals surface area contributed by atoms with Crippen LogP contribution in [0.5, 0.6) is 11.5 Å². The van der Waals surface area contributed by atoms with Gasteiger partial charge < -0.3 is 19.5 Å². The molecule has 1 N–H and O–H groups in total. The largest absolute Gasteiger partial charge is 0.497 e. The summed E-state index contributed by atoms with van der Waals surface area (Å²) in [5.74, 6) is 1.32. The van der Waals surface area contributed by atoms with Crippen molar-refractivity contribution in [3.05, 3.63) is 23.8 Å². The van der Waals surface area contributed by atoms with E-state index < -0.39 is 0 Å². The van der Waals surface area contributed by atoms with Crippen LogP contribution in [-0.4, -0.2) is 49.3 Å². The maximum absolute atomic E-state index is 12.7. The van der Waals surface area contributed by atoms with Gasteiger partial charge in [-0.1, -0.05) is 6.92 Å². The van der Waals surface area contributed by atoms with E-state index in [0.29, 0.717) is 29.5 Å². The number of carbonyl (C=O) groups excluding carboxylic acids is 1. The van der Waals surface area contributed by atoms with Gasteiger partial charge in [0.1, 0.15) is 11.5 Å². The molecule has 110 valence electrons. The Morgan fingerprint density at radius 2 is 2.15 bits per heavy atom. The predicted octanol–water partition coefficient (Wildman–Crippen LogP) is 1.55. The Morgan fingerprint density at radius 1 is 1.40 bits per heavy atom. The van der Waals surface area contributed by atoms with Gasteiger partial charge in [0.05, 0.1) is 32.4 Å². The van der Waals surface area contributed by atoms with Gasteiger partial charge in [-0.2, -0.15) is 0 Å². The summed E-state index contributed by atoms with van der Waals surface area (Å²) in [6, 6.07) is 5.03. The number of hydrogen-bond donors (Lipinski definition) is 1. The van der Waals surface area contributed by atoms with Gasteiger partial charge in [-0.3, -0.25) is 4.79 Å². The number of amides is 1. The van der Waals surface area contributed by atoms with Gasteiger partial charge in [-0.15, -0.1) is 0 Å². The fourth-order valence-electron chi connectivity index (χ4n) is 2.67. The third kappa shape index (κ3) is 2.58. The van der Waals surface area contributed by atoms with E-state index in [9.17, 15) is 9.90 Å². The lowest BCUT2D eigenvalue weighted by atomic mass is 10.0. The first-order valence-corrected chi connectivity index (χ1v) is 6.76.